The number of carbonyl (C=O) groups excluding carboxylic acids is 2. The number of carbonyl (C=O) groups is 2. The predicted octanol–water partition coefficient (Wildman–Crippen LogP) is 5.62. The van der Waals surface area contributed by atoms with Gasteiger partial charge in [-0.25, -0.2) is 8.42 Å². The summed E-state index contributed by atoms with van der Waals surface area (Å²) < 4.78 is 35.2. The maximum absolute atomic E-state index is 14.3. The van der Waals surface area contributed by atoms with Crippen molar-refractivity contribution < 1.29 is 22.7 Å². The summed E-state index contributed by atoms with van der Waals surface area (Å²) in [4.78, 5) is 29.2. The molecule has 0 heterocycles. The molecule has 0 radical (unpaired) electrons. The fourth-order valence-electron chi connectivity index (χ4n) is 4.69. The largest absolute Gasteiger partial charge is 0.492 e. The summed E-state index contributed by atoms with van der Waals surface area (Å²) >= 11 is 0. The van der Waals surface area contributed by atoms with E-state index in [0.717, 1.165) is 33.8 Å². The number of rotatable bonds is 15. The fraction of sp³-hybridized carbons (Fsp3) is 0.394. The van der Waals surface area contributed by atoms with Crippen molar-refractivity contribution in [2.75, 3.05) is 24.0 Å². The third-order valence-electron chi connectivity index (χ3n) is 7.14. The second-order valence-corrected chi connectivity index (χ2v) is 12.1. The van der Waals surface area contributed by atoms with Crippen LogP contribution in [-0.4, -0.2) is 50.9 Å². The molecular weight excluding hydrogens is 550 g/mol. The molecule has 0 aliphatic rings. The molecule has 9 heteroatoms. The molecule has 0 spiro atoms. The molecule has 3 rings (SSSR count). The van der Waals surface area contributed by atoms with E-state index in [4.69, 9.17) is 4.74 Å². The van der Waals surface area contributed by atoms with Gasteiger partial charge in [0, 0.05) is 13.1 Å². The van der Waals surface area contributed by atoms with Crippen molar-refractivity contribution in [1.82, 2.24) is 10.2 Å². The minimum absolute atomic E-state index is 0.0574. The lowest BCUT2D eigenvalue weighted by atomic mass is 10.1. The van der Waals surface area contributed by atoms with E-state index in [1.807, 2.05) is 58.9 Å². The Morgan fingerprint density at radius 3 is 2.21 bits per heavy atom. The highest BCUT2D eigenvalue weighted by atomic mass is 32.2. The van der Waals surface area contributed by atoms with Crippen molar-refractivity contribution in [1.29, 1.82) is 0 Å². The maximum Gasteiger partial charge on any atom is 0.264 e. The van der Waals surface area contributed by atoms with Crippen molar-refractivity contribution in [3.8, 4) is 5.75 Å². The summed E-state index contributed by atoms with van der Waals surface area (Å²) in [7, 11) is -4.19. The van der Waals surface area contributed by atoms with Gasteiger partial charge in [-0.15, -0.1) is 0 Å². The van der Waals surface area contributed by atoms with Gasteiger partial charge in [-0.2, -0.15) is 0 Å². The number of aryl methyl sites for hydroxylation is 2. The summed E-state index contributed by atoms with van der Waals surface area (Å²) in [6.45, 7) is 10.0. The third kappa shape index (κ3) is 8.12. The quantitative estimate of drug-likeness (QED) is 0.231. The molecule has 1 atom stereocenters. The number of hydrogen-bond donors (Lipinski definition) is 1. The molecule has 3 aromatic rings. The summed E-state index contributed by atoms with van der Waals surface area (Å²) in [5, 5.41) is 2.96. The van der Waals surface area contributed by atoms with Crippen LogP contribution in [0.3, 0.4) is 0 Å². The molecule has 2 amide bonds. The molecule has 0 aliphatic carbocycles. The van der Waals surface area contributed by atoms with E-state index in [0.29, 0.717) is 25.3 Å². The molecule has 8 nitrogen and oxygen atoms in total. The Labute approximate surface area is 250 Å². The molecule has 0 fully saturated rings. The molecule has 0 aliphatic heterocycles. The van der Waals surface area contributed by atoms with Crippen molar-refractivity contribution in [2.24, 2.45) is 0 Å². The van der Waals surface area contributed by atoms with Crippen LogP contribution in [0.2, 0.25) is 0 Å². The van der Waals surface area contributed by atoms with E-state index in [9.17, 15) is 18.0 Å². The average Bonchev–Trinajstić information content (AvgIpc) is 2.97. The zero-order valence-electron chi connectivity index (χ0n) is 25.3. The van der Waals surface area contributed by atoms with E-state index in [1.54, 1.807) is 36.4 Å². The monoisotopic (exact) mass is 593 g/mol. The summed E-state index contributed by atoms with van der Waals surface area (Å²) in [5.74, 6) is -0.397. The summed E-state index contributed by atoms with van der Waals surface area (Å²) in [6, 6.07) is 20.2. The van der Waals surface area contributed by atoms with Crippen molar-refractivity contribution in [3.05, 3.63) is 89.5 Å². The Kier molecular flexibility index (Phi) is 12.0. The van der Waals surface area contributed by atoms with Gasteiger partial charge < -0.3 is 15.0 Å². The van der Waals surface area contributed by atoms with Gasteiger partial charge in [-0.1, -0.05) is 74.4 Å². The summed E-state index contributed by atoms with van der Waals surface area (Å²) in [5.41, 5.74) is 3.02. The third-order valence-corrected chi connectivity index (χ3v) is 8.91. The van der Waals surface area contributed by atoms with Gasteiger partial charge in [0.1, 0.15) is 18.3 Å². The Balaban J connectivity index is 2.10. The van der Waals surface area contributed by atoms with Gasteiger partial charge in [0.25, 0.3) is 10.0 Å². The van der Waals surface area contributed by atoms with E-state index < -0.39 is 28.5 Å². The van der Waals surface area contributed by atoms with E-state index in [1.165, 1.54) is 17.0 Å². The molecule has 0 saturated carbocycles. The zero-order valence-corrected chi connectivity index (χ0v) is 26.1. The van der Waals surface area contributed by atoms with Crippen molar-refractivity contribution in [2.45, 2.75) is 71.4 Å². The highest BCUT2D eigenvalue weighted by Crippen LogP contribution is 2.33. The lowest BCUT2D eigenvalue weighted by molar-refractivity contribution is -0.140. The first-order valence-corrected chi connectivity index (χ1v) is 16.0. The smallest absolute Gasteiger partial charge is 0.264 e. The SMILES string of the molecule is CCCCNC(=O)[C@@H](CC)N(Cc1ccccc1C)C(=O)CN(c1ccccc1OCC)S(=O)(=O)c1ccc(C)cc1. The first-order valence-electron chi connectivity index (χ1n) is 14.6. The minimum Gasteiger partial charge on any atom is -0.492 e. The van der Waals surface area contributed by atoms with Crippen molar-refractivity contribution >= 4 is 27.5 Å². The van der Waals surface area contributed by atoms with E-state index in [-0.39, 0.29) is 23.0 Å². The van der Waals surface area contributed by atoms with E-state index >= 15 is 0 Å². The molecule has 1 N–H and O–H groups in total. The van der Waals surface area contributed by atoms with Crippen LogP contribution in [-0.2, 0) is 26.2 Å². The number of unbranched alkanes of at least 4 members (excludes halogenated alkanes) is 1. The summed E-state index contributed by atoms with van der Waals surface area (Å²) in [6.07, 6.45) is 2.12. The normalized spacial score (nSPS) is 11.9. The second-order valence-electron chi connectivity index (χ2n) is 10.2. The lowest BCUT2D eigenvalue weighted by Crippen LogP contribution is -2.52. The molecule has 0 aromatic heterocycles. The fourth-order valence-corrected chi connectivity index (χ4v) is 6.11. The number of amides is 2. The van der Waals surface area contributed by atoms with Gasteiger partial charge >= 0.3 is 0 Å². The Morgan fingerprint density at radius 1 is 0.905 bits per heavy atom. The topological polar surface area (TPSA) is 96.0 Å². The number of nitrogens with zero attached hydrogens (tertiary/aromatic N) is 2. The Morgan fingerprint density at radius 2 is 1.57 bits per heavy atom. The molecule has 3 aromatic carbocycles. The number of sulfonamides is 1. The van der Waals surface area contributed by atoms with Gasteiger partial charge in [-0.3, -0.25) is 13.9 Å². The molecule has 0 bridgehead atoms. The first kappa shape index (κ1) is 32.7. The van der Waals surface area contributed by atoms with Gasteiger partial charge in [0.05, 0.1) is 17.2 Å². The molecule has 0 unspecified atom stereocenters. The number of nitrogens with one attached hydrogen (secondary N) is 1. The molecule has 226 valence electrons. The molecular formula is C33H43N3O5S. The Bertz CT molecular complexity index is 1440. The second kappa shape index (κ2) is 15.4. The highest BCUT2D eigenvalue weighted by Gasteiger charge is 2.34. The number of hydrogen-bond acceptors (Lipinski definition) is 5. The number of ether oxygens (including phenoxy) is 1. The van der Waals surface area contributed by atoms with E-state index in [2.05, 4.69) is 5.32 Å². The van der Waals surface area contributed by atoms with Gasteiger partial charge in [0.2, 0.25) is 11.8 Å². The van der Waals surface area contributed by atoms with Crippen LogP contribution >= 0.6 is 0 Å². The van der Waals surface area contributed by atoms with Crippen molar-refractivity contribution in [3.63, 3.8) is 0 Å². The number of para-hydroxylation sites is 2. The van der Waals surface area contributed by atoms with Gasteiger partial charge in [-0.05, 0) is 69.0 Å². The Hall–Kier alpha value is -3.85. The zero-order chi connectivity index (χ0) is 30.7. The van der Waals surface area contributed by atoms with Crippen LogP contribution in [0, 0.1) is 13.8 Å². The lowest BCUT2D eigenvalue weighted by Gasteiger charge is -2.34. The highest BCUT2D eigenvalue weighted by molar-refractivity contribution is 7.92. The molecule has 0 saturated heterocycles. The van der Waals surface area contributed by atoms with Gasteiger partial charge in [0.15, 0.2) is 0 Å². The van der Waals surface area contributed by atoms with Crippen LogP contribution in [0.25, 0.3) is 0 Å². The van der Waals surface area contributed by atoms with Crippen LogP contribution < -0.4 is 14.4 Å². The number of benzene rings is 3. The predicted molar refractivity (Wildman–Crippen MR) is 167 cm³/mol. The standard InChI is InChI=1S/C33H43N3O5S/c1-6-9-22-34-33(38)29(7-2)35(23-27-15-11-10-14-26(27)5)32(37)24-36(30-16-12-13-17-31(30)41-8-3)42(39,40)28-20-18-25(4)19-21-28/h10-21,29H,6-9,22-24H2,1-5H3,(H,34,38)/t29-/m1/s1. The molecule has 42 heavy (non-hydrogen) atoms. The van der Waals surface area contributed by atoms with Crippen LogP contribution in [0.15, 0.2) is 77.7 Å². The number of anilines is 1. The average molecular weight is 594 g/mol. The van der Waals surface area contributed by atoms with Crippen LogP contribution in [0.5, 0.6) is 5.75 Å². The van der Waals surface area contributed by atoms with Crippen LogP contribution in [0.4, 0.5) is 5.69 Å². The first-order chi connectivity index (χ1) is 20.1. The minimum atomic E-state index is -4.19. The maximum atomic E-state index is 14.3. The van der Waals surface area contributed by atoms with Crippen LogP contribution in [0.1, 0.15) is 56.7 Å².